The lowest BCUT2D eigenvalue weighted by Gasteiger charge is -2.14. The van der Waals surface area contributed by atoms with Crippen LogP contribution in [0.5, 0.6) is 5.75 Å². The molecule has 106 valence electrons. The summed E-state index contributed by atoms with van der Waals surface area (Å²) in [4.78, 5) is 12.3. The van der Waals surface area contributed by atoms with Crippen LogP contribution < -0.4 is 10.1 Å². The maximum atomic E-state index is 12.3. The van der Waals surface area contributed by atoms with Gasteiger partial charge in [-0.15, -0.1) is 0 Å². The summed E-state index contributed by atoms with van der Waals surface area (Å²) >= 11 is 3.39. The molecule has 0 aromatic heterocycles. The molecule has 20 heavy (non-hydrogen) atoms. The topological polar surface area (TPSA) is 62.1 Å². The first kappa shape index (κ1) is 14.9. The van der Waals surface area contributed by atoms with Crippen LogP contribution in [0.4, 0.5) is 0 Å². The Morgan fingerprint density at radius 2 is 2.35 bits per heavy atom. The van der Waals surface area contributed by atoms with Crippen LogP contribution in [0.2, 0.25) is 0 Å². The largest absolute Gasteiger partial charge is 0.497 e. The van der Waals surface area contributed by atoms with E-state index in [1.807, 2.05) is 0 Å². The lowest BCUT2D eigenvalue weighted by molar-refractivity contribution is 0.0936. The Hall–Kier alpha value is -1.54. The number of methoxy groups -OCH3 is 1. The van der Waals surface area contributed by atoms with E-state index in [0.29, 0.717) is 23.7 Å². The predicted molar refractivity (Wildman–Crippen MR) is 79.5 cm³/mol. The van der Waals surface area contributed by atoms with Crippen molar-refractivity contribution in [2.24, 2.45) is 5.92 Å². The maximum absolute atomic E-state index is 12.3. The Labute approximate surface area is 127 Å². The minimum Gasteiger partial charge on any atom is -0.497 e. The number of nitriles is 1. The van der Waals surface area contributed by atoms with Gasteiger partial charge in [-0.2, -0.15) is 5.26 Å². The van der Waals surface area contributed by atoms with Gasteiger partial charge in [0.15, 0.2) is 0 Å². The summed E-state index contributed by atoms with van der Waals surface area (Å²) in [6, 6.07) is 7.70. The van der Waals surface area contributed by atoms with E-state index in [-0.39, 0.29) is 11.9 Å². The standard InChI is InChI=1S/C15H17BrN2O2/c1-20-12-4-5-14(16)13(9-12)15(19)18-11-3-2-10(8-11)6-7-17/h4-5,9-11H,2-3,6,8H2,1H3,(H,18,19)/t10-,11-/m0/s1. The first-order valence-electron chi connectivity index (χ1n) is 6.65. The number of hydrogen-bond donors (Lipinski definition) is 1. The average Bonchev–Trinajstić information content (AvgIpc) is 2.87. The van der Waals surface area contributed by atoms with Gasteiger partial charge in [0.2, 0.25) is 0 Å². The number of carbonyl (C=O) groups excluding carboxylic acids is 1. The molecule has 0 saturated heterocycles. The first-order chi connectivity index (χ1) is 9.63. The fourth-order valence-electron chi connectivity index (χ4n) is 2.59. The number of hydrogen-bond acceptors (Lipinski definition) is 3. The molecule has 2 rings (SSSR count). The van der Waals surface area contributed by atoms with Gasteiger partial charge in [0.1, 0.15) is 5.75 Å². The predicted octanol–water partition coefficient (Wildman–Crippen LogP) is 3.27. The number of ether oxygens (including phenoxy) is 1. The Morgan fingerprint density at radius 1 is 1.55 bits per heavy atom. The van der Waals surface area contributed by atoms with Gasteiger partial charge >= 0.3 is 0 Å². The van der Waals surface area contributed by atoms with Crippen molar-refractivity contribution in [1.29, 1.82) is 5.26 Å². The van der Waals surface area contributed by atoms with Gasteiger partial charge in [-0.25, -0.2) is 0 Å². The molecule has 1 fully saturated rings. The van der Waals surface area contributed by atoms with Crippen molar-refractivity contribution < 1.29 is 9.53 Å². The van der Waals surface area contributed by atoms with E-state index < -0.39 is 0 Å². The fraction of sp³-hybridized carbons (Fsp3) is 0.467. The zero-order chi connectivity index (χ0) is 14.5. The van der Waals surface area contributed by atoms with Crippen LogP contribution in [0, 0.1) is 17.2 Å². The molecule has 1 amide bonds. The summed E-state index contributed by atoms with van der Waals surface area (Å²) in [7, 11) is 1.58. The highest BCUT2D eigenvalue weighted by Gasteiger charge is 2.26. The highest BCUT2D eigenvalue weighted by atomic mass is 79.9. The Kier molecular flexibility index (Phi) is 5.02. The van der Waals surface area contributed by atoms with Crippen molar-refractivity contribution in [2.75, 3.05) is 7.11 Å². The minimum atomic E-state index is -0.0987. The highest BCUT2D eigenvalue weighted by molar-refractivity contribution is 9.10. The van der Waals surface area contributed by atoms with E-state index in [0.717, 1.165) is 23.7 Å². The van der Waals surface area contributed by atoms with Gasteiger partial charge < -0.3 is 10.1 Å². The molecular formula is C15H17BrN2O2. The third-order valence-electron chi connectivity index (χ3n) is 3.67. The zero-order valence-corrected chi connectivity index (χ0v) is 12.9. The van der Waals surface area contributed by atoms with Crippen molar-refractivity contribution in [1.82, 2.24) is 5.32 Å². The van der Waals surface area contributed by atoms with Gasteiger partial charge in [-0.05, 0) is 59.3 Å². The van der Waals surface area contributed by atoms with Crippen molar-refractivity contribution in [2.45, 2.75) is 31.7 Å². The molecule has 1 saturated carbocycles. The third kappa shape index (κ3) is 3.51. The smallest absolute Gasteiger partial charge is 0.252 e. The van der Waals surface area contributed by atoms with Crippen molar-refractivity contribution in [3.63, 3.8) is 0 Å². The highest BCUT2D eigenvalue weighted by Crippen LogP contribution is 2.29. The Morgan fingerprint density at radius 3 is 3.05 bits per heavy atom. The summed E-state index contributed by atoms with van der Waals surface area (Å²) in [5, 5.41) is 11.8. The molecule has 0 heterocycles. The van der Waals surface area contributed by atoms with Crippen LogP contribution in [0.25, 0.3) is 0 Å². The molecule has 0 spiro atoms. The van der Waals surface area contributed by atoms with Gasteiger partial charge in [0, 0.05) is 16.9 Å². The molecule has 0 radical (unpaired) electrons. The molecule has 1 aliphatic carbocycles. The van der Waals surface area contributed by atoms with E-state index >= 15 is 0 Å². The fourth-order valence-corrected chi connectivity index (χ4v) is 3.02. The Balaban J connectivity index is 2.01. The van der Waals surface area contributed by atoms with Crippen LogP contribution in [0.3, 0.4) is 0 Å². The molecule has 1 aliphatic rings. The van der Waals surface area contributed by atoms with Crippen molar-refractivity contribution in [3.8, 4) is 11.8 Å². The molecule has 1 N–H and O–H groups in total. The second kappa shape index (κ2) is 6.76. The second-order valence-electron chi connectivity index (χ2n) is 5.06. The molecule has 4 nitrogen and oxygen atoms in total. The number of rotatable bonds is 4. The average molecular weight is 337 g/mol. The van der Waals surface area contributed by atoms with Gasteiger partial charge in [-0.1, -0.05) is 0 Å². The molecule has 2 atom stereocenters. The van der Waals surface area contributed by atoms with Crippen LogP contribution in [0.15, 0.2) is 22.7 Å². The van der Waals surface area contributed by atoms with E-state index in [1.165, 1.54) is 0 Å². The summed E-state index contributed by atoms with van der Waals surface area (Å²) in [6.07, 6.45) is 3.42. The molecular weight excluding hydrogens is 320 g/mol. The summed E-state index contributed by atoms with van der Waals surface area (Å²) in [5.41, 5.74) is 0.577. The Bertz CT molecular complexity index is 539. The lowest BCUT2D eigenvalue weighted by Crippen LogP contribution is -2.33. The van der Waals surface area contributed by atoms with E-state index in [1.54, 1.807) is 25.3 Å². The normalized spacial score (nSPS) is 21.2. The molecule has 0 unspecified atom stereocenters. The third-order valence-corrected chi connectivity index (χ3v) is 4.37. The molecule has 1 aromatic rings. The number of halogens is 1. The van der Waals surface area contributed by atoms with Crippen LogP contribution in [-0.2, 0) is 0 Å². The van der Waals surface area contributed by atoms with E-state index in [4.69, 9.17) is 10.00 Å². The van der Waals surface area contributed by atoms with Crippen molar-refractivity contribution >= 4 is 21.8 Å². The van der Waals surface area contributed by atoms with Gasteiger partial charge in [-0.3, -0.25) is 4.79 Å². The first-order valence-corrected chi connectivity index (χ1v) is 7.44. The number of amides is 1. The summed E-state index contributed by atoms with van der Waals surface area (Å²) in [6.45, 7) is 0. The minimum absolute atomic E-state index is 0.0987. The zero-order valence-electron chi connectivity index (χ0n) is 11.4. The molecule has 0 aliphatic heterocycles. The SMILES string of the molecule is COc1ccc(Br)c(C(=O)N[C@H]2CC[C@@H](CC#N)C2)c1. The number of benzene rings is 1. The molecule has 1 aromatic carbocycles. The monoisotopic (exact) mass is 336 g/mol. The second-order valence-corrected chi connectivity index (χ2v) is 5.91. The molecule has 0 bridgehead atoms. The van der Waals surface area contributed by atoms with Crippen molar-refractivity contribution in [3.05, 3.63) is 28.2 Å². The lowest BCUT2D eigenvalue weighted by atomic mass is 10.1. The molecule has 5 heteroatoms. The summed E-state index contributed by atoms with van der Waals surface area (Å²) < 4.78 is 5.89. The maximum Gasteiger partial charge on any atom is 0.252 e. The van der Waals surface area contributed by atoms with Crippen LogP contribution in [-0.4, -0.2) is 19.1 Å². The number of nitrogens with zero attached hydrogens (tertiary/aromatic N) is 1. The number of nitrogens with one attached hydrogen (secondary N) is 1. The summed E-state index contributed by atoms with van der Waals surface area (Å²) in [5.74, 6) is 0.976. The van der Waals surface area contributed by atoms with Gasteiger partial charge in [0.05, 0.1) is 18.7 Å². The van der Waals surface area contributed by atoms with Crippen LogP contribution in [0.1, 0.15) is 36.0 Å². The quantitative estimate of drug-likeness (QED) is 0.917. The number of carbonyl (C=O) groups is 1. The van der Waals surface area contributed by atoms with Crippen LogP contribution >= 0.6 is 15.9 Å². The van der Waals surface area contributed by atoms with E-state index in [9.17, 15) is 4.79 Å². The van der Waals surface area contributed by atoms with Gasteiger partial charge in [0.25, 0.3) is 5.91 Å². The van der Waals surface area contributed by atoms with E-state index in [2.05, 4.69) is 27.3 Å².